The molecule has 148 valence electrons. The van der Waals surface area contributed by atoms with Gasteiger partial charge in [0.25, 0.3) is 0 Å². The fourth-order valence-electron chi connectivity index (χ4n) is 4.63. The molecule has 0 radical (unpaired) electrons. The lowest BCUT2D eigenvalue weighted by Crippen LogP contribution is -2.48. The van der Waals surface area contributed by atoms with Gasteiger partial charge in [0, 0.05) is 41.3 Å². The van der Waals surface area contributed by atoms with Crippen LogP contribution in [0.4, 0.5) is 11.4 Å². The lowest BCUT2D eigenvalue weighted by molar-refractivity contribution is -0.122. The van der Waals surface area contributed by atoms with Gasteiger partial charge in [-0.05, 0) is 64.2 Å². The van der Waals surface area contributed by atoms with Gasteiger partial charge in [-0.25, -0.2) is 0 Å². The maximum Gasteiger partial charge on any atom is 0.227 e. The summed E-state index contributed by atoms with van der Waals surface area (Å²) < 4.78 is 0. The third-order valence-corrected chi connectivity index (χ3v) is 6.04. The normalized spacial score (nSPS) is 25.1. The van der Waals surface area contributed by atoms with Crippen molar-refractivity contribution in [2.75, 3.05) is 10.6 Å². The lowest BCUT2D eigenvalue weighted by Gasteiger charge is -2.41. The molecule has 0 aromatic heterocycles. The molecule has 3 rings (SSSR count). The number of fused-ring (bicyclic) bond motifs is 2. The molecule has 2 bridgehead atoms. The van der Waals surface area contributed by atoms with Gasteiger partial charge in [-0.15, -0.1) is 0 Å². The standard InChI is InChI=1S/C22H33N3O2/c1-13(2)21(26)23-17-7-6-15(5)20(12-17)24-22(27)16-10-18-8-9-19(11-16)25(18)14(3)4/h6-7,12-14,16,18-19H,8-11H2,1-5H3,(H,23,26)(H,24,27)/t16?,18-,19+. The highest BCUT2D eigenvalue weighted by atomic mass is 16.2. The lowest BCUT2D eigenvalue weighted by atomic mass is 9.89. The van der Waals surface area contributed by atoms with E-state index in [0.29, 0.717) is 18.1 Å². The van der Waals surface area contributed by atoms with Gasteiger partial charge >= 0.3 is 0 Å². The Morgan fingerprint density at radius 1 is 1.04 bits per heavy atom. The summed E-state index contributed by atoms with van der Waals surface area (Å²) >= 11 is 0. The van der Waals surface area contributed by atoms with Crippen molar-refractivity contribution in [1.29, 1.82) is 0 Å². The van der Waals surface area contributed by atoms with E-state index in [1.165, 1.54) is 12.8 Å². The fourth-order valence-corrected chi connectivity index (χ4v) is 4.63. The number of aryl methyl sites for hydroxylation is 1. The van der Waals surface area contributed by atoms with Crippen LogP contribution in [0.15, 0.2) is 18.2 Å². The highest BCUT2D eigenvalue weighted by Gasteiger charge is 2.43. The molecule has 1 unspecified atom stereocenters. The van der Waals surface area contributed by atoms with Crippen LogP contribution < -0.4 is 10.6 Å². The Kier molecular flexibility index (Phi) is 5.89. The van der Waals surface area contributed by atoms with E-state index < -0.39 is 0 Å². The van der Waals surface area contributed by atoms with Crippen LogP contribution >= 0.6 is 0 Å². The van der Waals surface area contributed by atoms with Gasteiger partial charge in [0.15, 0.2) is 0 Å². The zero-order valence-electron chi connectivity index (χ0n) is 17.2. The third-order valence-electron chi connectivity index (χ3n) is 6.04. The first-order chi connectivity index (χ1) is 12.8. The minimum Gasteiger partial charge on any atom is -0.326 e. The van der Waals surface area contributed by atoms with Crippen LogP contribution in [0.2, 0.25) is 0 Å². The van der Waals surface area contributed by atoms with Gasteiger partial charge in [0.2, 0.25) is 11.8 Å². The molecule has 3 atom stereocenters. The summed E-state index contributed by atoms with van der Waals surface area (Å²) in [5.74, 6) is 0.0938. The smallest absolute Gasteiger partial charge is 0.227 e. The minimum atomic E-state index is -0.0778. The number of hydrogen-bond acceptors (Lipinski definition) is 3. The highest BCUT2D eigenvalue weighted by molar-refractivity contribution is 5.96. The number of nitrogens with one attached hydrogen (secondary N) is 2. The van der Waals surface area contributed by atoms with Crippen molar-refractivity contribution in [2.24, 2.45) is 11.8 Å². The summed E-state index contributed by atoms with van der Waals surface area (Å²) in [5.41, 5.74) is 2.53. The second-order valence-corrected chi connectivity index (χ2v) is 8.76. The first kappa shape index (κ1) is 19.9. The van der Waals surface area contributed by atoms with Crippen molar-refractivity contribution >= 4 is 23.2 Å². The van der Waals surface area contributed by atoms with Gasteiger partial charge in [-0.1, -0.05) is 19.9 Å². The van der Waals surface area contributed by atoms with Crippen LogP contribution in [0.5, 0.6) is 0 Å². The predicted molar refractivity (Wildman–Crippen MR) is 110 cm³/mol. The van der Waals surface area contributed by atoms with Crippen LogP contribution in [0, 0.1) is 18.8 Å². The van der Waals surface area contributed by atoms with E-state index in [-0.39, 0.29) is 23.7 Å². The number of carbonyl (C=O) groups is 2. The van der Waals surface area contributed by atoms with Crippen molar-refractivity contribution < 1.29 is 9.59 Å². The molecule has 5 heteroatoms. The maximum atomic E-state index is 12.9. The summed E-state index contributed by atoms with van der Waals surface area (Å²) in [7, 11) is 0. The number of piperidine rings is 1. The Morgan fingerprint density at radius 2 is 1.67 bits per heavy atom. The summed E-state index contributed by atoms with van der Waals surface area (Å²) in [6.07, 6.45) is 4.32. The van der Waals surface area contributed by atoms with E-state index in [4.69, 9.17) is 0 Å². The molecule has 0 aliphatic carbocycles. The second-order valence-electron chi connectivity index (χ2n) is 8.76. The number of amides is 2. The molecule has 2 aliphatic heterocycles. The largest absolute Gasteiger partial charge is 0.326 e. The summed E-state index contributed by atoms with van der Waals surface area (Å²) in [6.45, 7) is 10.2. The van der Waals surface area contributed by atoms with Gasteiger partial charge in [-0.2, -0.15) is 0 Å². The van der Waals surface area contributed by atoms with Gasteiger partial charge in [-0.3, -0.25) is 14.5 Å². The van der Waals surface area contributed by atoms with Crippen molar-refractivity contribution in [3.05, 3.63) is 23.8 Å². The van der Waals surface area contributed by atoms with Gasteiger partial charge in [0.05, 0.1) is 0 Å². The molecule has 1 aromatic rings. The summed E-state index contributed by atoms with van der Waals surface area (Å²) in [4.78, 5) is 27.5. The average molecular weight is 372 g/mol. The summed E-state index contributed by atoms with van der Waals surface area (Å²) in [6, 6.07) is 7.32. The molecule has 1 aromatic carbocycles. The van der Waals surface area contributed by atoms with Gasteiger partial charge in [0.1, 0.15) is 0 Å². The molecule has 2 fully saturated rings. The molecule has 0 spiro atoms. The minimum absolute atomic E-state index is 0.0197. The Hall–Kier alpha value is -1.88. The molecule has 2 amide bonds. The molecule has 2 heterocycles. The van der Waals surface area contributed by atoms with E-state index >= 15 is 0 Å². The average Bonchev–Trinajstić information content (AvgIpc) is 2.88. The molecule has 0 saturated carbocycles. The van der Waals surface area contributed by atoms with E-state index in [0.717, 1.165) is 29.8 Å². The van der Waals surface area contributed by atoms with Crippen molar-refractivity contribution in [2.45, 2.75) is 78.4 Å². The fraction of sp³-hybridized carbons (Fsp3) is 0.636. The Labute approximate surface area is 162 Å². The molecule has 2 saturated heterocycles. The number of rotatable bonds is 5. The molecule has 2 N–H and O–H groups in total. The first-order valence-corrected chi connectivity index (χ1v) is 10.3. The Bertz CT molecular complexity index is 700. The quantitative estimate of drug-likeness (QED) is 0.816. The monoisotopic (exact) mass is 371 g/mol. The first-order valence-electron chi connectivity index (χ1n) is 10.3. The van der Waals surface area contributed by atoms with Crippen LogP contribution in [0.25, 0.3) is 0 Å². The zero-order chi connectivity index (χ0) is 19.7. The van der Waals surface area contributed by atoms with E-state index in [2.05, 4.69) is 29.4 Å². The second kappa shape index (κ2) is 8.01. The zero-order valence-corrected chi connectivity index (χ0v) is 17.2. The Balaban J connectivity index is 1.67. The number of hydrogen-bond donors (Lipinski definition) is 2. The number of anilines is 2. The highest BCUT2D eigenvalue weighted by Crippen LogP contribution is 2.40. The SMILES string of the molecule is Cc1ccc(NC(=O)C(C)C)cc1NC(=O)C1C[C@H]2CC[C@@H](C1)N2C(C)C. The van der Waals surface area contributed by atoms with Crippen LogP contribution in [0.3, 0.4) is 0 Å². The van der Waals surface area contributed by atoms with Crippen LogP contribution in [-0.2, 0) is 9.59 Å². The molecular weight excluding hydrogens is 338 g/mol. The van der Waals surface area contributed by atoms with E-state index in [9.17, 15) is 9.59 Å². The van der Waals surface area contributed by atoms with Crippen LogP contribution in [0.1, 0.15) is 58.9 Å². The van der Waals surface area contributed by atoms with E-state index in [1.54, 1.807) is 0 Å². The van der Waals surface area contributed by atoms with Crippen molar-refractivity contribution in [3.63, 3.8) is 0 Å². The Morgan fingerprint density at radius 3 is 2.22 bits per heavy atom. The van der Waals surface area contributed by atoms with Crippen LogP contribution in [-0.4, -0.2) is 34.8 Å². The molecule has 2 aliphatic rings. The molecule has 27 heavy (non-hydrogen) atoms. The van der Waals surface area contributed by atoms with Crippen molar-refractivity contribution in [1.82, 2.24) is 4.90 Å². The summed E-state index contributed by atoms with van der Waals surface area (Å²) in [5, 5.41) is 6.03. The van der Waals surface area contributed by atoms with Crippen molar-refractivity contribution in [3.8, 4) is 0 Å². The maximum absolute atomic E-state index is 12.9. The number of carbonyl (C=O) groups excluding carboxylic acids is 2. The number of benzene rings is 1. The van der Waals surface area contributed by atoms with Gasteiger partial charge < -0.3 is 10.6 Å². The molecular formula is C22H33N3O2. The topological polar surface area (TPSA) is 61.4 Å². The molecule has 5 nitrogen and oxygen atoms in total. The third kappa shape index (κ3) is 4.34. The predicted octanol–water partition coefficient (Wildman–Crippen LogP) is 4.18. The van der Waals surface area contributed by atoms with E-state index in [1.807, 2.05) is 39.0 Å². The number of nitrogens with zero attached hydrogens (tertiary/aromatic N) is 1.